The molecule has 2 heterocycles. The summed E-state index contributed by atoms with van der Waals surface area (Å²) in [5.74, 6) is 0.751. The minimum atomic E-state index is -0.683. The number of nitriles is 1. The summed E-state index contributed by atoms with van der Waals surface area (Å²) in [5.41, 5.74) is -0.683. The molecule has 0 radical (unpaired) electrons. The molecule has 3 fully saturated rings. The number of rotatable bonds is 1. The lowest BCUT2D eigenvalue weighted by Crippen LogP contribution is -2.42. The SMILES string of the molecule is CN1CCC2CN(C(=O)C3(C#N)CCCC3)CC21. The van der Waals surface area contributed by atoms with E-state index in [0.717, 1.165) is 45.3 Å². The number of likely N-dealkylation sites (N-methyl/N-ethyl adjacent to an activating group) is 1. The van der Waals surface area contributed by atoms with Crippen molar-refractivity contribution in [3.8, 4) is 6.07 Å². The lowest BCUT2D eigenvalue weighted by molar-refractivity contribution is -0.138. The molecular weight excluding hydrogens is 226 g/mol. The van der Waals surface area contributed by atoms with Crippen molar-refractivity contribution in [1.29, 1.82) is 5.26 Å². The first kappa shape index (κ1) is 12.0. The Morgan fingerprint density at radius 2 is 2.06 bits per heavy atom. The van der Waals surface area contributed by atoms with Gasteiger partial charge in [-0.05, 0) is 38.8 Å². The van der Waals surface area contributed by atoms with Crippen LogP contribution in [0.5, 0.6) is 0 Å². The molecule has 3 aliphatic rings. The smallest absolute Gasteiger partial charge is 0.243 e. The molecule has 2 atom stereocenters. The van der Waals surface area contributed by atoms with Gasteiger partial charge in [0, 0.05) is 19.1 Å². The van der Waals surface area contributed by atoms with Gasteiger partial charge in [0.25, 0.3) is 0 Å². The van der Waals surface area contributed by atoms with Gasteiger partial charge in [-0.2, -0.15) is 5.26 Å². The standard InChI is InChI=1S/C14H21N3O/c1-16-7-4-11-8-17(9-12(11)16)13(18)14(10-15)5-2-3-6-14/h11-12H,2-9H2,1H3. The van der Waals surface area contributed by atoms with E-state index in [1.807, 2.05) is 4.90 Å². The number of likely N-dealkylation sites (tertiary alicyclic amines) is 2. The van der Waals surface area contributed by atoms with Gasteiger partial charge in [-0.3, -0.25) is 4.79 Å². The first-order valence-corrected chi connectivity index (χ1v) is 7.07. The molecule has 0 N–H and O–H groups in total. The van der Waals surface area contributed by atoms with Gasteiger partial charge in [0.2, 0.25) is 5.91 Å². The third kappa shape index (κ3) is 1.65. The Morgan fingerprint density at radius 3 is 2.67 bits per heavy atom. The second-order valence-corrected chi connectivity index (χ2v) is 6.21. The van der Waals surface area contributed by atoms with E-state index in [9.17, 15) is 10.1 Å². The monoisotopic (exact) mass is 247 g/mol. The highest BCUT2D eigenvalue weighted by molar-refractivity contribution is 5.86. The van der Waals surface area contributed by atoms with Gasteiger partial charge in [0.1, 0.15) is 5.41 Å². The van der Waals surface area contributed by atoms with Crippen LogP contribution < -0.4 is 0 Å². The van der Waals surface area contributed by atoms with Gasteiger partial charge in [-0.25, -0.2) is 0 Å². The van der Waals surface area contributed by atoms with E-state index < -0.39 is 5.41 Å². The van der Waals surface area contributed by atoms with Crippen molar-refractivity contribution in [2.24, 2.45) is 11.3 Å². The number of amides is 1. The summed E-state index contributed by atoms with van der Waals surface area (Å²) in [7, 11) is 2.15. The first-order chi connectivity index (χ1) is 8.66. The summed E-state index contributed by atoms with van der Waals surface area (Å²) in [6.45, 7) is 2.86. The van der Waals surface area contributed by atoms with E-state index in [1.54, 1.807) is 0 Å². The largest absolute Gasteiger partial charge is 0.339 e. The van der Waals surface area contributed by atoms with E-state index in [1.165, 1.54) is 6.42 Å². The van der Waals surface area contributed by atoms with E-state index >= 15 is 0 Å². The predicted octanol–water partition coefficient (Wildman–Crippen LogP) is 1.23. The molecular formula is C14H21N3O. The zero-order valence-electron chi connectivity index (χ0n) is 11.1. The molecule has 4 nitrogen and oxygen atoms in total. The summed E-state index contributed by atoms with van der Waals surface area (Å²) in [6.07, 6.45) is 4.79. The summed E-state index contributed by atoms with van der Waals surface area (Å²) in [4.78, 5) is 17.0. The summed E-state index contributed by atoms with van der Waals surface area (Å²) >= 11 is 0. The maximum absolute atomic E-state index is 12.6. The van der Waals surface area contributed by atoms with Gasteiger partial charge in [0.15, 0.2) is 0 Å². The van der Waals surface area contributed by atoms with E-state index in [-0.39, 0.29) is 5.91 Å². The van der Waals surface area contributed by atoms with Crippen molar-refractivity contribution in [2.45, 2.75) is 38.1 Å². The molecule has 1 saturated carbocycles. The number of hydrogen-bond donors (Lipinski definition) is 0. The van der Waals surface area contributed by atoms with Crippen LogP contribution in [0.4, 0.5) is 0 Å². The van der Waals surface area contributed by atoms with Gasteiger partial charge < -0.3 is 9.80 Å². The molecule has 0 aromatic heterocycles. The molecule has 2 unspecified atom stereocenters. The maximum Gasteiger partial charge on any atom is 0.243 e. The Labute approximate surface area is 109 Å². The van der Waals surface area contributed by atoms with Gasteiger partial charge >= 0.3 is 0 Å². The van der Waals surface area contributed by atoms with Crippen LogP contribution in [-0.2, 0) is 4.79 Å². The Kier molecular flexibility index (Phi) is 2.82. The van der Waals surface area contributed by atoms with Crippen LogP contribution in [0.15, 0.2) is 0 Å². The zero-order valence-corrected chi connectivity index (χ0v) is 11.1. The normalized spacial score (nSPS) is 34.6. The molecule has 3 rings (SSSR count). The van der Waals surface area contributed by atoms with Crippen LogP contribution in [0.1, 0.15) is 32.1 Å². The highest BCUT2D eigenvalue weighted by Gasteiger charge is 2.48. The topological polar surface area (TPSA) is 47.3 Å². The van der Waals surface area contributed by atoms with Crippen molar-refractivity contribution in [2.75, 3.05) is 26.7 Å². The second-order valence-electron chi connectivity index (χ2n) is 6.21. The minimum Gasteiger partial charge on any atom is -0.339 e. The molecule has 0 spiro atoms. The van der Waals surface area contributed by atoms with Gasteiger partial charge in [-0.1, -0.05) is 12.8 Å². The highest BCUT2D eigenvalue weighted by atomic mass is 16.2. The number of fused-ring (bicyclic) bond motifs is 1. The molecule has 0 bridgehead atoms. The zero-order chi connectivity index (χ0) is 12.8. The number of carbonyl (C=O) groups excluding carboxylic acids is 1. The van der Waals surface area contributed by atoms with Crippen molar-refractivity contribution in [1.82, 2.24) is 9.80 Å². The quantitative estimate of drug-likeness (QED) is 0.700. The van der Waals surface area contributed by atoms with Crippen LogP contribution >= 0.6 is 0 Å². The number of hydrogen-bond acceptors (Lipinski definition) is 3. The molecule has 1 amide bonds. The first-order valence-electron chi connectivity index (χ1n) is 7.07. The van der Waals surface area contributed by atoms with Crippen LogP contribution in [0.3, 0.4) is 0 Å². The average molecular weight is 247 g/mol. The summed E-state index contributed by atoms with van der Waals surface area (Å²) < 4.78 is 0. The Balaban J connectivity index is 1.73. The molecule has 0 aromatic carbocycles. The maximum atomic E-state index is 12.6. The molecule has 2 saturated heterocycles. The molecule has 18 heavy (non-hydrogen) atoms. The van der Waals surface area contributed by atoms with Gasteiger partial charge in [0.05, 0.1) is 6.07 Å². The van der Waals surface area contributed by atoms with Crippen LogP contribution in [0.2, 0.25) is 0 Å². The molecule has 0 aromatic rings. The fraction of sp³-hybridized carbons (Fsp3) is 0.857. The van der Waals surface area contributed by atoms with Crippen LogP contribution in [0, 0.1) is 22.7 Å². The fourth-order valence-corrected chi connectivity index (χ4v) is 3.99. The number of nitrogens with zero attached hydrogens (tertiary/aromatic N) is 3. The third-order valence-corrected chi connectivity index (χ3v) is 5.19. The second kappa shape index (κ2) is 4.24. The average Bonchev–Trinajstić information content (AvgIpc) is 3.06. The van der Waals surface area contributed by atoms with Crippen molar-refractivity contribution in [3.63, 3.8) is 0 Å². The van der Waals surface area contributed by atoms with Gasteiger partial charge in [-0.15, -0.1) is 0 Å². The van der Waals surface area contributed by atoms with Crippen LogP contribution in [0.25, 0.3) is 0 Å². The molecule has 1 aliphatic carbocycles. The summed E-state index contributed by atoms with van der Waals surface area (Å²) in [5, 5.41) is 9.39. The number of carbonyl (C=O) groups is 1. The van der Waals surface area contributed by atoms with Crippen molar-refractivity contribution >= 4 is 5.91 Å². The Bertz CT molecular complexity index is 394. The van der Waals surface area contributed by atoms with E-state index in [2.05, 4.69) is 18.0 Å². The Morgan fingerprint density at radius 1 is 1.33 bits per heavy atom. The van der Waals surface area contributed by atoms with E-state index in [4.69, 9.17) is 0 Å². The molecule has 98 valence electrons. The predicted molar refractivity (Wildman–Crippen MR) is 67.6 cm³/mol. The third-order valence-electron chi connectivity index (χ3n) is 5.19. The summed E-state index contributed by atoms with van der Waals surface area (Å²) in [6, 6.07) is 2.86. The molecule has 4 heteroatoms. The lowest BCUT2D eigenvalue weighted by atomic mass is 9.86. The van der Waals surface area contributed by atoms with E-state index in [0.29, 0.717) is 12.0 Å². The molecule has 2 aliphatic heterocycles. The van der Waals surface area contributed by atoms with Crippen LogP contribution in [-0.4, -0.2) is 48.4 Å². The Hall–Kier alpha value is -1.08. The highest BCUT2D eigenvalue weighted by Crippen LogP contribution is 2.41. The minimum absolute atomic E-state index is 0.116. The lowest BCUT2D eigenvalue weighted by Gasteiger charge is -2.27. The fourth-order valence-electron chi connectivity index (χ4n) is 3.99. The van der Waals surface area contributed by atoms with Crippen molar-refractivity contribution < 1.29 is 4.79 Å². The van der Waals surface area contributed by atoms with Crippen molar-refractivity contribution in [3.05, 3.63) is 0 Å².